The second kappa shape index (κ2) is 6.75. The molecule has 0 bridgehead atoms. The molecule has 0 radical (unpaired) electrons. The fraction of sp³-hybridized carbons (Fsp3) is 1.00. The van der Waals surface area contributed by atoms with E-state index in [4.69, 9.17) is 5.73 Å². The summed E-state index contributed by atoms with van der Waals surface area (Å²) in [5, 5.41) is 0. The molecule has 1 saturated heterocycles. The zero-order valence-electron chi connectivity index (χ0n) is 11.5. The summed E-state index contributed by atoms with van der Waals surface area (Å²) in [4.78, 5) is 2.75. The fourth-order valence-corrected chi connectivity index (χ4v) is 3.91. The smallest absolute Gasteiger partial charge is 0.0249 e. The number of hydrogen-bond donors (Lipinski definition) is 1. The third-order valence-corrected chi connectivity index (χ3v) is 4.97. The number of likely N-dealkylation sites (tertiary alicyclic amines) is 1. The zero-order chi connectivity index (χ0) is 12.1. The summed E-state index contributed by atoms with van der Waals surface area (Å²) in [6.07, 6.45) is 12.8. The van der Waals surface area contributed by atoms with Gasteiger partial charge in [-0.3, -0.25) is 4.90 Å². The molecule has 1 aliphatic heterocycles. The Morgan fingerprint density at radius 1 is 1.00 bits per heavy atom. The first kappa shape index (κ1) is 13.4. The average molecular weight is 238 g/mol. The second-order valence-corrected chi connectivity index (χ2v) is 6.14. The summed E-state index contributed by atoms with van der Waals surface area (Å²) in [5.41, 5.74) is 6.11. The molecule has 1 aliphatic carbocycles. The number of rotatable bonds is 3. The maximum Gasteiger partial charge on any atom is 0.0249 e. The van der Waals surface area contributed by atoms with E-state index in [1.807, 2.05) is 0 Å². The monoisotopic (exact) mass is 238 g/mol. The highest BCUT2D eigenvalue weighted by Crippen LogP contribution is 2.31. The minimum Gasteiger partial charge on any atom is -0.329 e. The van der Waals surface area contributed by atoms with Crippen LogP contribution in [0.25, 0.3) is 0 Å². The van der Waals surface area contributed by atoms with Crippen molar-refractivity contribution in [3.05, 3.63) is 0 Å². The topological polar surface area (TPSA) is 29.3 Å². The van der Waals surface area contributed by atoms with Gasteiger partial charge in [0, 0.05) is 18.6 Å². The zero-order valence-corrected chi connectivity index (χ0v) is 11.5. The van der Waals surface area contributed by atoms with Crippen molar-refractivity contribution >= 4 is 0 Å². The lowest BCUT2D eigenvalue weighted by molar-refractivity contribution is 0.0883. The Hall–Kier alpha value is -0.0800. The fourth-order valence-electron chi connectivity index (χ4n) is 3.91. The highest BCUT2D eigenvalue weighted by atomic mass is 15.2. The highest BCUT2D eigenvalue weighted by molar-refractivity contribution is 4.86. The van der Waals surface area contributed by atoms with Crippen LogP contribution in [0.15, 0.2) is 0 Å². The predicted octanol–water partition coefficient (Wildman–Crippen LogP) is 3.16. The largest absolute Gasteiger partial charge is 0.329 e. The molecule has 2 fully saturated rings. The predicted molar refractivity (Wildman–Crippen MR) is 74.1 cm³/mol. The maximum absolute atomic E-state index is 6.11. The normalized spacial score (nSPS) is 31.1. The Labute approximate surface area is 107 Å². The maximum atomic E-state index is 6.11. The van der Waals surface area contributed by atoms with Crippen molar-refractivity contribution in [3.8, 4) is 0 Å². The van der Waals surface area contributed by atoms with E-state index in [0.29, 0.717) is 6.04 Å². The Kier molecular flexibility index (Phi) is 5.30. The molecule has 0 aromatic rings. The molecule has 2 rings (SSSR count). The average Bonchev–Trinajstić information content (AvgIpc) is 2.58. The van der Waals surface area contributed by atoms with Crippen LogP contribution in [0.2, 0.25) is 0 Å². The lowest BCUT2D eigenvalue weighted by atomic mass is 9.82. The second-order valence-electron chi connectivity index (χ2n) is 6.14. The first-order chi connectivity index (χ1) is 8.33. The minimum absolute atomic E-state index is 0.670. The lowest BCUT2D eigenvalue weighted by Crippen LogP contribution is -2.50. The summed E-state index contributed by atoms with van der Waals surface area (Å²) in [5.74, 6) is 0.884. The van der Waals surface area contributed by atoms with Crippen molar-refractivity contribution in [2.24, 2.45) is 11.7 Å². The molecular weight excluding hydrogens is 208 g/mol. The van der Waals surface area contributed by atoms with Gasteiger partial charge in [-0.05, 0) is 45.1 Å². The van der Waals surface area contributed by atoms with E-state index in [0.717, 1.165) is 18.5 Å². The van der Waals surface area contributed by atoms with E-state index < -0.39 is 0 Å². The third kappa shape index (κ3) is 3.45. The quantitative estimate of drug-likeness (QED) is 0.818. The number of nitrogens with two attached hydrogens (primary N) is 1. The van der Waals surface area contributed by atoms with Gasteiger partial charge in [-0.15, -0.1) is 0 Å². The van der Waals surface area contributed by atoms with Gasteiger partial charge >= 0.3 is 0 Å². The van der Waals surface area contributed by atoms with E-state index in [-0.39, 0.29) is 0 Å². The van der Waals surface area contributed by atoms with Gasteiger partial charge in [0.05, 0.1) is 0 Å². The van der Waals surface area contributed by atoms with Crippen LogP contribution in [0, 0.1) is 5.92 Å². The van der Waals surface area contributed by atoms with E-state index in [9.17, 15) is 0 Å². The van der Waals surface area contributed by atoms with Crippen molar-refractivity contribution in [2.45, 2.75) is 76.8 Å². The molecule has 2 atom stereocenters. The van der Waals surface area contributed by atoms with Crippen molar-refractivity contribution in [3.63, 3.8) is 0 Å². The van der Waals surface area contributed by atoms with Crippen LogP contribution in [-0.2, 0) is 0 Å². The Morgan fingerprint density at radius 3 is 2.35 bits per heavy atom. The summed E-state index contributed by atoms with van der Waals surface area (Å²) >= 11 is 0. The molecule has 1 saturated carbocycles. The van der Waals surface area contributed by atoms with Crippen molar-refractivity contribution in [1.82, 2.24) is 4.90 Å². The molecule has 0 aromatic heterocycles. The molecule has 2 nitrogen and oxygen atoms in total. The summed E-state index contributed by atoms with van der Waals surface area (Å²) in [6.45, 7) is 4.57. The highest BCUT2D eigenvalue weighted by Gasteiger charge is 2.30. The van der Waals surface area contributed by atoms with Crippen LogP contribution in [-0.4, -0.2) is 30.1 Å². The van der Waals surface area contributed by atoms with Gasteiger partial charge in [0.25, 0.3) is 0 Å². The van der Waals surface area contributed by atoms with Gasteiger partial charge in [0.15, 0.2) is 0 Å². The van der Waals surface area contributed by atoms with Gasteiger partial charge < -0.3 is 5.73 Å². The summed E-state index contributed by atoms with van der Waals surface area (Å²) in [7, 11) is 0. The SMILES string of the molecule is CC1CCCCCN1C(CN)C1CCCCC1. The summed E-state index contributed by atoms with van der Waals surface area (Å²) < 4.78 is 0. The molecule has 0 aromatic carbocycles. The Morgan fingerprint density at radius 2 is 1.65 bits per heavy atom. The van der Waals surface area contributed by atoms with Crippen molar-refractivity contribution in [1.29, 1.82) is 0 Å². The van der Waals surface area contributed by atoms with E-state index in [1.165, 1.54) is 64.3 Å². The molecule has 0 amide bonds. The van der Waals surface area contributed by atoms with Crippen LogP contribution < -0.4 is 5.73 Å². The molecule has 2 aliphatic rings. The standard InChI is InChI=1S/C15H30N2/c1-13-8-4-3-7-11-17(13)15(12-16)14-9-5-2-6-10-14/h13-15H,2-12,16H2,1H3. The van der Waals surface area contributed by atoms with Crippen LogP contribution in [0.5, 0.6) is 0 Å². The molecule has 0 spiro atoms. The van der Waals surface area contributed by atoms with Crippen LogP contribution in [0.3, 0.4) is 0 Å². The first-order valence-electron chi connectivity index (χ1n) is 7.78. The molecule has 2 N–H and O–H groups in total. The van der Waals surface area contributed by atoms with Gasteiger partial charge in [0.2, 0.25) is 0 Å². The van der Waals surface area contributed by atoms with Crippen LogP contribution in [0.4, 0.5) is 0 Å². The molecule has 2 heteroatoms. The number of hydrogen-bond acceptors (Lipinski definition) is 2. The van der Waals surface area contributed by atoms with Crippen LogP contribution >= 0.6 is 0 Å². The van der Waals surface area contributed by atoms with E-state index in [2.05, 4.69) is 11.8 Å². The number of nitrogens with zero attached hydrogens (tertiary/aromatic N) is 1. The van der Waals surface area contributed by atoms with E-state index in [1.54, 1.807) is 0 Å². The minimum atomic E-state index is 0.670. The molecule has 2 unspecified atom stereocenters. The molecular formula is C15H30N2. The van der Waals surface area contributed by atoms with Crippen molar-refractivity contribution < 1.29 is 0 Å². The molecule has 100 valence electrons. The van der Waals surface area contributed by atoms with Gasteiger partial charge in [-0.25, -0.2) is 0 Å². The van der Waals surface area contributed by atoms with Crippen molar-refractivity contribution in [2.75, 3.05) is 13.1 Å². The van der Waals surface area contributed by atoms with Crippen LogP contribution in [0.1, 0.15) is 64.7 Å². The summed E-state index contributed by atoms with van der Waals surface area (Å²) in [6, 6.07) is 1.43. The van der Waals surface area contributed by atoms with Gasteiger partial charge in [0.1, 0.15) is 0 Å². The Balaban J connectivity index is 1.98. The van der Waals surface area contributed by atoms with Gasteiger partial charge in [-0.2, -0.15) is 0 Å². The Bertz CT molecular complexity index is 211. The van der Waals surface area contributed by atoms with E-state index >= 15 is 0 Å². The third-order valence-electron chi connectivity index (χ3n) is 4.97. The molecule has 1 heterocycles. The lowest BCUT2D eigenvalue weighted by Gasteiger charge is -2.41. The molecule has 17 heavy (non-hydrogen) atoms. The van der Waals surface area contributed by atoms with Gasteiger partial charge in [-0.1, -0.05) is 32.1 Å². The first-order valence-corrected chi connectivity index (χ1v) is 7.78.